The van der Waals surface area contributed by atoms with E-state index in [0.717, 1.165) is 32.1 Å². The number of hydrogen-bond acceptors (Lipinski definition) is 3. The van der Waals surface area contributed by atoms with Crippen molar-refractivity contribution in [3.8, 4) is 0 Å². The van der Waals surface area contributed by atoms with Crippen LogP contribution >= 0.6 is 0 Å². The van der Waals surface area contributed by atoms with Gasteiger partial charge in [-0.15, -0.1) is 0 Å². The molecule has 1 aliphatic rings. The monoisotopic (exact) mass is 256 g/mol. The van der Waals surface area contributed by atoms with E-state index in [1.165, 1.54) is 19.3 Å². The molecular formula is C15H32N2O. The zero-order chi connectivity index (χ0) is 13.6. The summed E-state index contributed by atoms with van der Waals surface area (Å²) in [5.41, 5.74) is 0.414. The van der Waals surface area contributed by atoms with E-state index in [1.54, 1.807) is 0 Å². The first kappa shape index (κ1) is 15.9. The predicted octanol–water partition coefficient (Wildman–Crippen LogP) is 2.10. The Labute approximate surface area is 113 Å². The number of nitrogens with one attached hydrogen (secondary N) is 1. The number of rotatable bonds is 8. The molecule has 0 saturated heterocycles. The summed E-state index contributed by atoms with van der Waals surface area (Å²) in [7, 11) is 0. The number of aliphatic hydroxyl groups excluding tert-OH is 1. The summed E-state index contributed by atoms with van der Waals surface area (Å²) in [6, 6.07) is 0.626. The topological polar surface area (TPSA) is 35.5 Å². The molecular weight excluding hydrogens is 224 g/mol. The fourth-order valence-electron chi connectivity index (χ4n) is 3.46. The molecule has 2 unspecified atom stereocenters. The van der Waals surface area contributed by atoms with Crippen LogP contribution in [0.1, 0.15) is 47.0 Å². The lowest BCUT2D eigenvalue weighted by atomic mass is 9.84. The molecule has 108 valence electrons. The zero-order valence-corrected chi connectivity index (χ0v) is 12.7. The average Bonchev–Trinajstić information content (AvgIpc) is 2.58. The van der Waals surface area contributed by atoms with Gasteiger partial charge in [-0.25, -0.2) is 0 Å². The Morgan fingerprint density at radius 2 is 2.00 bits per heavy atom. The molecule has 3 nitrogen and oxygen atoms in total. The van der Waals surface area contributed by atoms with Gasteiger partial charge in [0.25, 0.3) is 0 Å². The molecule has 0 aromatic rings. The van der Waals surface area contributed by atoms with Crippen LogP contribution < -0.4 is 5.32 Å². The molecule has 0 heterocycles. The van der Waals surface area contributed by atoms with Crippen LogP contribution in [0.25, 0.3) is 0 Å². The van der Waals surface area contributed by atoms with E-state index in [9.17, 15) is 0 Å². The van der Waals surface area contributed by atoms with Crippen LogP contribution in [0.5, 0.6) is 0 Å². The quantitative estimate of drug-likeness (QED) is 0.698. The highest BCUT2D eigenvalue weighted by Crippen LogP contribution is 2.41. The molecule has 1 aliphatic carbocycles. The van der Waals surface area contributed by atoms with Gasteiger partial charge in [-0.1, -0.05) is 27.7 Å². The van der Waals surface area contributed by atoms with E-state index in [4.69, 9.17) is 5.11 Å². The van der Waals surface area contributed by atoms with Crippen LogP contribution in [0.3, 0.4) is 0 Å². The van der Waals surface area contributed by atoms with E-state index in [0.29, 0.717) is 11.5 Å². The Hall–Kier alpha value is -0.120. The molecule has 0 bridgehead atoms. The smallest absolute Gasteiger partial charge is 0.0558 e. The molecule has 3 heteroatoms. The van der Waals surface area contributed by atoms with Gasteiger partial charge in [-0.05, 0) is 43.7 Å². The van der Waals surface area contributed by atoms with Gasteiger partial charge >= 0.3 is 0 Å². The maximum atomic E-state index is 9.15. The molecule has 0 aromatic heterocycles. The Kier molecular flexibility index (Phi) is 6.61. The lowest BCUT2D eigenvalue weighted by molar-refractivity contribution is 0.154. The van der Waals surface area contributed by atoms with Gasteiger partial charge in [0, 0.05) is 19.1 Å². The SMILES string of the molecule is CCCN(CCO)CC1CCC(C)(C)C1NCC. The molecule has 1 fully saturated rings. The lowest BCUT2D eigenvalue weighted by Gasteiger charge is -2.34. The summed E-state index contributed by atoms with van der Waals surface area (Å²) in [4.78, 5) is 2.43. The highest BCUT2D eigenvalue weighted by atomic mass is 16.3. The Morgan fingerprint density at radius 1 is 1.28 bits per heavy atom. The van der Waals surface area contributed by atoms with Crippen molar-refractivity contribution in [2.45, 2.75) is 53.0 Å². The molecule has 2 N–H and O–H groups in total. The molecule has 0 spiro atoms. The highest BCUT2D eigenvalue weighted by molar-refractivity contribution is 4.96. The molecule has 0 amide bonds. The Morgan fingerprint density at radius 3 is 2.56 bits per heavy atom. The second-order valence-corrected chi connectivity index (χ2v) is 6.35. The lowest BCUT2D eigenvalue weighted by Crippen LogP contribution is -2.46. The first-order chi connectivity index (χ1) is 8.55. The highest BCUT2D eigenvalue weighted by Gasteiger charge is 2.41. The van der Waals surface area contributed by atoms with E-state index in [1.807, 2.05) is 0 Å². The maximum Gasteiger partial charge on any atom is 0.0558 e. The third kappa shape index (κ3) is 4.22. The van der Waals surface area contributed by atoms with E-state index < -0.39 is 0 Å². The van der Waals surface area contributed by atoms with Crippen LogP contribution in [0, 0.1) is 11.3 Å². The third-order valence-corrected chi connectivity index (χ3v) is 4.35. The Balaban J connectivity index is 2.58. The number of hydrogen-bond donors (Lipinski definition) is 2. The van der Waals surface area contributed by atoms with Crippen molar-refractivity contribution in [3.63, 3.8) is 0 Å². The maximum absolute atomic E-state index is 9.15. The molecule has 0 aromatic carbocycles. The fourth-order valence-corrected chi connectivity index (χ4v) is 3.46. The van der Waals surface area contributed by atoms with Crippen LogP contribution in [0.2, 0.25) is 0 Å². The summed E-state index contributed by atoms with van der Waals surface area (Å²) in [5.74, 6) is 0.734. The normalized spacial score (nSPS) is 27.0. The van der Waals surface area contributed by atoms with Crippen molar-refractivity contribution in [2.75, 3.05) is 32.8 Å². The molecule has 2 atom stereocenters. The van der Waals surface area contributed by atoms with Crippen molar-refractivity contribution < 1.29 is 5.11 Å². The third-order valence-electron chi connectivity index (χ3n) is 4.35. The van der Waals surface area contributed by atoms with Gasteiger partial charge in [0.05, 0.1) is 6.61 Å². The van der Waals surface area contributed by atoms with Gasteiger partial charge in [-0.3, -0.25) is 0 Å². The van der Waals surface area contributed by atoms with Gasteiger partial charge in [0.15, 0.2) is 0 Å². The van der Waals surface area contributed by atoms with Gasteiger partial charge in [0.1, 0.15) is 0 Å². The van der Waals surface area contributed by atoms with Crippen molar-refractivity contribution >= 4 is 0 Å². The first-order valence-corrected chi connectivity index (χ1v) is 7.61. The molecule has 0 radical (unpaired) electrons. The van der Waals surface area contributed by atoms with E-state index in [-0.39, 0.29) is 6.61 Å². The average molecular weight is 256 g/mol. The molecule has 1 saturated carbocycles. The van der Waals surface area contributed by atoms with Crippen LogP contribution in [-0.2, 0) is 0 Å². The summed E-state index contributed by atoms with van der Waals surface area (Å²) < 4.78 is 0. The minimum absolute atomic E-state index is 0.280. The summed E-state index contributed by atoms with van der Waals surface area (Å²) in [6.45, 7) is 13.6. The summed E-state index contributed by atoms with van der Waals surface area (Å²) >= 11 is 0. The van der Waals surface area contributed by atoms with Gasteiger partial charge < -0.3 is 15.3 Å². The fraction of sp³-hybridized carbons (Fsp3) is 1.00. The largest absolute Gasteiger partial charge is 0.395 e. The van der Waals surface area contributed by atoms with Gasteiger partial charge in [0.2, 0.25) is 0 Å². The second-order valence-electron chi connectivity index (χ2n) is 6.35. The van der Waals surface area contributed by atoms with Gasteiger partial charge in [-0.2, -0.15) is 0 Å². The first-order valence-electron chi connectivity index (χ1n) is 7.61. The van der Waals surface area contributed by atoms with E-state index in [2.05, 4.69) is 37.9 Å². The molecule has 0 aliphatic heterocycles. The minimum Gasteiger partial charge on any atom is -0.395 e. The summed E-state index contributed by atoms with van der Waals surface area (Å²) in [6.07, 6.45) is 3.80. The van der Waals surface area contributed by atoms with Crippen LogP contribution in [0.4, 0.5) is 0 Å². The van der Waals surface area contributed by atoms with Crippen molar-refractivity contribution in [2.24, 2.45) is 11.3 Å². The molecule has 18 heavy (non-hydrogen) atoms. The van der Waals surface area contributed by atoms with Crippen molar-refractivity contribution in [3.05, 3.63) is 0 Å². The predicted molar refractivity (Wildman–Crippen MR) is 77.8 cm³/mol. The second kappa shape index (κ2) is 7.46. The van der Waals surface area contributed by atoms with Crippen LogP contribution in [0.15, 0.2) is 0 Å². The standard InChI is InChI=1S/C15H32N2O/c1-5-9-17(10-11-18)12-13-7-8-15(3,4)14(13)16-6-2/h13-14,16,18H,5-12H2,1-4H3. The van der Waals surface area contributed by atoms with Crippen LogP contribution in [-0.4, -0.2) is 48.8 Å². The number of aliphatic hydroxyl groups is 1. The van der Waals surface area contributed by atoms with E-state index >= 15 is 0 Å². The van der Waals surface area contributed by atoms with Crippen molar-refractivity contribution in [1.29, 1.82) is 0 Å². The number of nitrogens with zero attached hydrogens (tertiary/aromatic N) is 1. The zero-order valence-electron chi connectivity index (χ0n) is 12.7. The summed E-state index contributed by atoms with van der Waals surface area (Å²) in [5, 5.41) is 12.8. The minimum atomic E-state index is 0.280. The molecule has 1 rings (SSSR count). The van der Waals surface area contributed by atoms with Crippen molar-refractivity contribution in [1.82, 2.24) is 10.2 Å². The Bertz CT molecular complexity index is 225.